The fourth-order valence-electron chi connectivity index (χ4n) is 0.719. The summed E-state index contributed by atoms with van der Waals surface area (Å²) in [6, 6.07) is 0. The first-order valence-electron chi connectivity index (χ1n) is 4.17. The molecule has 6 nitrogen and oxygen atoms in total. The Kier molecular flexibility index (Phi) is 5.66. The van der Waals surface area contributed by atoms with Crippen LogP contribution in [0.4, 0.5) is 0 Å². The van der Waals surface area contributed by atoms with Crippen LogP contribution in [0.5, 0.6) is 0 Å². The predicted molar refractivity (Wildman–Crippen MR) is 52.6 cm³/mol. The van der Waals surface area contributed by atoms with Gasteiger partial charge in [-0.05, 0) is 14.1 Å². The molecule has 2 N–H and O–H groups in total. The average molecular weight is 224 g/mol. The lowest BCUT2D eigenvalue weighted by Gasteiger charge is -2.10. The molecule has 84 valence electrons. The third-order valence-electron chi connectivity index (χ3n) is 1.47. The molecule has 0 rings (SSSR count). The van der Waals surface area contributed by atoms with E-state index in [-0.39, 0.29) is 12.2 Å². The third kappa shape index (κ3) is 7.96. The van der Waals surface area contributed by atoms with E-state index in [4.69, 9.17) is 5.11 Å². The highest BCUT2D eigenvalue weighted by Gasteiger charge is 2.11. The first kappa shape index (κ1) is 13.3. The second kappa shape index (κ2) is 5.94. The normalized spacial score (nSPS) is 11.9. The molecule has 0 aliphatic rings. The molecule has 0 fully saturated rings. The molecule has 14 heavy (non-hydrogen) atoms. The van der Waals surface area contributed by atoms with Crippen LogP contribution in [-0.4, -0.2) is 57.3 Å². The number of sulfonamides is 1. The molecular formula is C7H16N2O4S. The van der Waals surface area contributed by atoms with Gasteiger partial charge in [-0.2, -0.15) is 0 Å². The highest BCUT2D eigenvalue weighted by Crippen LogP contribution is 1.89. The molecule has 0 unspecified atom stereocenters. The maximum absolute atomic E-state index is 11.1. The maximum Gasteiger partial charge on any atom is 0.304 e. The predicted octanol–water partition coefficient (Wildman–Crippen LogP) is -1.06. The molecule has 0 aliphatic carbocycles. The summed E-state index contributed by atoms with van der Waals surface area (Å²) >= 11 is 0. The van der Waals surface area contributed by atoms with Gasteiger partial charge in [0, 0.05) is 13.1 Å². The Labute approximate surface area is 84.0 Å². The summed E-state index contributed by atoms with van der Waals surface area (Å²) in [4.78, 5) is 12.0. The van der Waals surface area contributed by atoms with Crippen LogP contribution in [0.25, 0.3) is 0 Å². The number of rotatable bonds is 7. The van der Waals surface area contributed by atoms with E-state index < -0.39 is 16.0 Å². The van der Waals surface area contributed by atoms with Crippen molar-refractivity contribution in [2.45, 2.75) is 6.42 Å². The van der Waals surface area contributed by atoms with Crippen LogP contribution in [-0.2, 0) is 14.8 Å². The fraction of sp³-hybridized carbons (Fsp3) is 0.857. The number of nitrogens with zero attached hydrogens (tertiary/aromatic N) is 1. The minimum atomic E-state index is -3.43. The molecule has 0 atom stereocenters. The van der Waals surface area contributed by atoms with E-state index in [1.54, 1.807) is 0 Å². The van der Waals surface area contributed by atoms with Gasteiger partial charge in [0.1, 0.15) is 0 Å². The van der Waals surface area contributed by atoms with Gasteiger partial charge in [-0.3, -0.25) is 4.79 Å². The van der Waals surface area contributed by atoms with Gasteiger partial charge in [-0.15, -0.1) is 0 Å². The fourth-order valence-corrected chi connectivity index (χ4v) is 1.71. The van der Waals surface area contributed by atoms with Crippen LogP contribution in [0.15, 0.2) is 0 Å². The number of aliphatic carboxylic acids is 1. The second-order valence-electron chi connectivity index (χ2n) is 3.16. The zero-order chi connectivity index (χ0) is 11.2. The lowest BCUT2D eigenvalue weighted by molar-refractivity contribution is -0.136. The molecule has 0 bridgehead atoms. The van der Waals surface area contributed by atoms with E-state index in [0.29, 0.717) is 13.1 Å². The number of hydrogen-bond donors (Lipinski definition) is 2. The van der Waals surface area contributed by atoms with Crippen molar-refractivity contribution in [2.24, 2.45) is 0 Å². The summed E-state index contributed by atoms with van der Waals surface area (Å²) in [5, 5.41) is 8.29. The molecule has 0 aromatic rings. The quantitative estimate of drug-likeness (QED) is 0.576. The van der Waals surface area contributed by atoms with Gasteiger partial charge in [0.05, 0.1) is 12.2 Å². The number of carboxylic acids is 1. The standard InChI is InChI=1S/C7H16N2O4S/c1-9(2)5-4-8-14(12,13)6-3-7(10)11/h8H,3-6H2,1-2H3,(H,10,11). The Morgan fingerprint density at radius 2 is 2.00 bits per heavy atom. The number of hydrogen-bond acceptors (Lipinski definition) is 4. The monoisotopic (exact) mass is 224 g/mol. The third-order valence-corrected chi connectivity index (χ3v) is 2.85. The van der Waals surface area contributed by atoms with Gasteiger partial charge >= 0.3 is 5.97 Å². The summed E-state index contributed by atoms with van der Waals surface area (Å²) in [5.41, 5.74) is 0. The first-order chi connectivity index (χ1) is 6.33. The first-order valence-corrected chi connectivity index (χ1v) is 5.82. The second-order valence-corrected chi connectivity index (χ2v) is 5.09. The molecule has 0 aromatic carbocycles. The van der Waals surface area contributed by atoms with E-state index in [1.165, 1.54) is 0 Å². The van der Waals surface area contributed by atoms with E-state index in [2.05, 4.69) is 4.72 Å². The molecule has 0 aliphatic heterocycles. The molecule has 7 heteroatoms. The smallest absolute Gasteiger partial charge is 0.304 e. The maximum atomic E-state index is 11.1. The molecule has 0 heterocycles. The van der Waals surface area contributed by atoms with Gasteiger partial charge in [-0.25, -0.2) is 13.1 Å². The molecule has 0 amide bonds. The number of likely N-dealkylation sites (N-methyl/N-ethyl adjacent to an activating group) is 1. The van der Waals surface area contributed by atoms with Gasteiger partial charge in [0.2, 0.25) is 10.0 Å². The van der Waals surface area contributed by atoms with E-state index >= 15 is 0 Å². The Morgan fingerprint density at radius 3 is 2.43 bits per heavy atom. The molecular weight excluding hydrogens is 208 g/mol. The highest BCUT2D eigenvalue weighted by molar-refractivity contribution is 7.89. The van der Waals surface area contributed by atoms with Crippen molar-refractivity contribution in [1.29, 1.82) is 0 Å². The topological polar surface area (TPSA) is 86.7 Å². The van der Waals surface area contributed by atoms with Gasteiger partial charge < -0.3 is 10.0 Å². The summed E-state index contributed by atoms with van der Waals surface area (Å²) in [5.74, 6) is -1.47. The van der Waals surface area contributed by atoms with Crippen molar-refractivity contribution in [1.82, 2.24) is 9.62 Å². The summed E-state index contributed by atoms with van der Waals surface area (Å²) in [6.45, 7) is 0.890. The van der Waals surface area contributed by atoms with Crippen LogP contribution in [0.3, 0.4) is 0 Å². The van der Waals surface area contributed by atoms with Crippen molar-refractivity contribution in [3.05, 3.63) is 0 Å². The highest BCUT2D eigenvalue weighted by atomic mass is 32.2. The van der Waals surface area contributed by atoms with Crippen LogP contribution < -0.4 is 4.72 Å². The SMILES string of the molecule is CN(C)CCNS(=O)(=O)CCC(=O)O. The van der Waals surface area contributed by atoms with Crippen LogP contribution in [0.1, 0.15) is 6.42 Å². The van der Waals surface area contributed by atoms with Crippen molar-refractivity contribution in [2.75, 3.05) is 32.9 Å². The lowest BCUT2D eigenvalue weighted by atomic mass is 10.5. The summed E-state index contributed by atoms with van der Waals surface area (Å²) < 4.78 is 24.6. The minimum Gasteiger partial charge on any atom is -0.481 e. The van der Waals surface area contributed by atoms with Crippen LogP contribution >= 0.6 is 0 Å². The van der Waals surface area contributed by atoms with Crippen LogP contribution in [0, 0.1) is 0 Å². The Morgan fingerprint density at radius 1 is 1.43 bits per heavy atom. The molecule has 0 saturated heterocycles. The Balaban J connectivity index is 3.79. The largest absolute Gasteiger partial charge is 0.481 e. The number of nitrogens with one attached hydrogen (secondary N) is 1. The molecule has 0 saturated carbocycles. The zero-order valence-corrected chi connectivity index (χ0v) is 9.17. The van der Waals surface area contributed by atoms with Crippen molar-refractivity contribution >= 4 is 16.0 Å². The number of carboxylic acid groups (broad SMARTS) is 1. The van der Waals surface area contributed by atoms with E-state index in [0.717, 1.165) is 0 Å². The van der Waals surface area contributed by atoms with E-state index in [1.807, 2.05) is 19.0 Å². The van der Waals surface area contributed by atoms with Gasteiger partial charge in [-0.1, -0.05) is 0 Å². The van der Waals surface area contributed by atoms with Crippen molar-refractivity contribution < 1.29 is 18.3 Å². The molecule has 0 spiro atoms. The summed E-state index contributed by atoms with van der Waals surface area (Å²) in [6.07, 6.45) is -0.364. The zero-order valence-electron chi connectivity index (χ0n) is 8.36. The van der Waals surface area contributed by atoms with Gasteiger partial charge in [0.25, 0.3) is 0 Å². The lowest BCUT2D eigenvalue weighted by Crippen LogP contribution is -2.33. The van der Waals surface area contributed by atoms with Crippen molar-refractivity contribution in [3.63, 3.8) is 0 Å². The minimum absolute atomic E-state index is 0.301. The van der Waals surface area contributed by atoms with Crippen molar-refractivity contribution in [3.8, 4) is 0 Å². The summed E-state index contributed by atoms with van der Waals surface area (Å²) in [7, 11) is 0.220. The van der Waals surface area contributed by atoms with E-state index in [9.17, 15) is 13.2 Å². The molecule has 0 radical (unpaired) electrons. The van der Waals surface area contributed by atoms with Gasteiger partial charge in [0.15, 0.2) is 0 Å². The molecule has 0 aromatic heterocycles. The number of carbonyl (C=O) groups is 1. The Bertz CT molecular complexity index is 273. The van der Waals surface area contributed by atoms with Crippen LogP contribution in [0.2, 0.25) is 0 Å². The Hall–Kier alpha value is -0.660. The average Bonchev–Trinajstić information content (AvgIpc) is 2.00.